The van der Waals surface area contributed by atoms with E-state index in [9.17, 15) is 0 Å². The predicted octanol–water partition coefficient (Wildman–Crippen LogP) is 2.31. The zero-order valence-electron chi connectivity index (χ0n) is 15.5. The summed E-state index contributed by atoms with van der Waals surface area (Å²) in [6.07, 6.45) is 0.824. The smallest absolute Gasteiger partial charge is 0.248 e. The summed E-state index contributed by atoms with van der Waals surface area (Å²) in [4.78, 5) is 8.58. The van der Waals surface area contributed by atoms with Crippen molar-refractivity contribution in [3.63, 3.8) is 0 Å². The van der Waals surface area contributed by atoms with Crippen LogP contribution < -0.4 is 20.1 Å². The Morgan fingerprint density at radius 1 is 1.19 bits per heavy atom. The van der Waals surface area contributed by atoms with E-state index in [0.29, 0.717) is 24.2 Å². The van der Waals surface area contributed by atoms with Gasteiger partial charge in [0.2, 0.25) is 5.89 Å². The van der Waals surface area contributed by atoms with Gasteiger partial charge in [-0.05, 0) is 38.0 Å². The fourth-order valence-corrected chi connectivity index (χ4v) is 2.25. The van der Waals surface area contributed by atoms with Gasteiger partial charge in [-0.2, -0.15) is 4.98 Å². The van der Waals surface area contributed by atoms with Crippen molar-refractivity contribution in [3.05, 3.63) is 35.5 Å². The first-order chi connectivity index (χ1) is 12.2. The Labute approximate surface area is 170 Å². The van der Waals surface area contributed by atoms with E-state index in [1.807, 2.05) is 25.1 Å². The Morgan fingerprint density at radius 3 is 2.58 bits per heavy atom. The molecule has 1 aromatic heterocycles. The minimum absolute atomic E-state index is 0. The molecule has 0 aliphatic carbocycles. The number of halogens is 1. The molecule has 2 aromatic rings. The number of nitrogens with one attached hydrogen (secondary N) is 2. The number of aromatic nitrogens is 2. The molecule has 2 N–H and O–H groups in total. The van der Waals surface area contributed by atoms with Crippen LogP contribution in [0.3, 0.4) is 0 Å². The molecule has 0 fully saturated rings. The predicted molar refractivity (Wildman–Crippen MR) is 111 cm³/mol. The molecule has 0 saturated heterocycles. The molecule has 0 radical (unpaired) electrons. The van der Waals surface area contributed by atoms with E-state index in [0.717, 1.165) is 36.6 Å². The number of aryl methyl sites for hydroxylation is 1. The average Bonchev–Trinajstić information content (AvgIpc) is 3.04. The standard InChI is InChI=1S/C17H25N5O3.HI/c1-5-18-17(20-11-16-21-12(2)22-25-16)19-9-8-13-6-7-14(23-3)15(10-13)24-4;/h6-7,10H,5,8-9,11H2,1-4H3,(H2,18,19,20);1H. The molecule has 26 heavy (non-hydrogen) atoms. The number of hydrogen-bond donors (Lipinski definition) is 2. The monoisotopic (exact) mass is 475 g/mol. The quantitative estimate of drug-likeness (QED) is 0.344. The van der Waals surface area contributed by atoms with Gasteiger partial charge < -0.3 is 24.6 Å². The van der Waals surface area contributed by atoms with Crippen molar-refractivity contribution in [2.24, 2.45) is 4.99 Å². The van der Waals surface area contributed by atoms with E-state index >= 15 is 0 Å². The molecular weight excluding hydrogens is 449 g/mol. The maximum Gasteiger partial charge on any atom is 0.248 e. The fourth-order valence-electron chi connectivity index (χ4n) is 2.25. The first kappa shape index (κ1) is 22.0. The van der Waals surface area contributed by atoms with Crippen molar-refractivity contribution in [3.8, 4) is 11.5 Å². The van der Waals surface area contributed by atoms with Crippen molar-refractivity contribution < 1.29 is 14.0 Å². The summed E-state index contributed by atoms with van der Waals surface area (Å²) in [6, 6.07) is 5.91. The molecule has 0 spiro atoms. The molecule has 0 bridgehead atoms. The number of methoxy groups -OCH3 is 2. The van der Waals surface area contributed by atoms with Crippen molar-refractivity contribution >= 4 is 29.9 Å². The van der Waals surface area contributed by atoms with Gasteiger partial charge >= 0.3 is 0 Å². The number of ether oxygens (including phenoxy) is 2. The third kappa shape index (κ3) is 6.70. The van der Waals surface area contributed by atoms with Gasteiger partial charge in [0.05, 0.1) is 14.2 Å². The molecule has 0 aliphatic rings. The number of aliphatic imine (C=N–C) groups is 1. The molecule has 144 valence electrons. The zero-order chi connectivity index (χ0) is 18.1. The fraction of sp³-hybridized carbons (Fsp3) is 0.471. The maximum atomic E-state index is 5.33. The number of hydrogen-bond acceptors (Lipinski definition) is 6. The Morgan fingerprint density at radius 2 is 1.96 bits per heavy atom. The molecule has 1 aromatic carbocycles. The van der Waals surface area contributed by atoms with Gasteiger partial charge in [0.1, 0.15) is 6.54 Å². The third-order valence-electron chi connectivity index (χ3n) is 3.44. The van der Waals surface area contributed by atoms with E-state index in [1.165, 1.54) is 0 Å². The van der Waals surface area contributed by atoms with Crippen LogP contribution >= 0.6 is 24.0 Å². The van der Waals surface area contributed by atoms with Crippen molar-refractivity contribution in [2.45, 2.75) is 26.8 Å². The molecule has 0 unspecified atom stereocenters. The highest BCUT2D eigenvalue weighted by Gasteiger charge is 2.06. The molecule has 2 rings (SSSR count). The number of benzene rings is 1. The van der Waals surface area contributed by atoms with Gasteiger partial charge in [0, 0.05) is 13.1 Å². The summed E-state index contributed by atoms with van der Waals surface area (Å²) in [6.45, 7) is 5.63. The van der Waals surface area contributed by atoms with Gasteiger partial charge in [0.25, 0.3) is 0 Å². The SMILES string of the molecule is CCNC(=NCc1nc(C)no1)NCCc1ccc(OC)c(OC)c1.I. The van der Waals surface area contributed by atoms with Crippen LogP contribution in [0.5, 0.6) is 11.5 Å². The number of rotatable bonds is 8. The minimum atomic E-state index is 0. The summed E-state index contributed by atoms with van der Waals surface area (Å²) in [5.74, 6) is 3.27. The highest BCUT2D eigenvalue weighted by molar-refractivity contribution is 14.0. The summed E-state index contributed by atoms with van der Waals surface area (Å²) in [5.41, 5.74) is 1.15. The lowest BCUT2D eigenvalue weighted by Crippen LogP contribution is -2.38. The Kier molecular flexibility index (Phi) is 9.78. The molecule has 0 amide bonds. The summed E-state index contributed by atoms with van der Waals surface area (Å²) in [5, 5.41) is 10.2. The topological polar surface area (TPSA) is 93.8 Å². The minimum Gasteiger partial charge on any atom is -0.493 e. The zero-order valence-corrected chi connectivity index (χ0v) is 17.9. The van der Waals surface area contributed by atoms with Gasteiger partial charge in [-0.25, -0.2) is 4.99 Å². The van der Waals surface area contributed by atoms with Gasteiger partial charge in [-0.3, -0.25) is 0 Å². The average molecular weight is 475 g/mol. The molecule has 0 aliphatic heterocycles. The molecule has 9 heteroatoms. The first-order valence-corrected chi connectivity index (χ1v) is 8.18. The third-order valence-corrected chi connectivity index (χ3v) is 3.44. The van der Waals surface area contributed by atoms with Crippen LogP contribution in [0.1, 0.15) is 24.2 Å². The van der Waals surface area contributed by atoms with Crippen LogP contribution in [0.2, 0.25) is 0 Å². The summed E-state index contributed by atoms with van der Waals surface area (Å²) < 4.78 is 15.6. The van der Waals surface area contributed by atoms with Crippen LogP contribution in [0.25, 0.3) is 0 Å². The molecular formula is C17H26IN5O3. The second-order valence-corrected chi connectivity index (χ2v) is 5.30. The Balaban J connectivity index is 0.00000338. The van der Waals surface area contributed by atoms with Crippen molar-refractivity contribution in [1.29, 1.82) is 0 Å². The molecule has 0 atom stereocenters. The largest absolute Gasteiger partial charge is 0.493 e. The van der Waals surface area contributed by atoms with Crippen LogP contribution in [-0.2, 0) is 13.0 Å². The molecule has 8 nitrogen and oxygen atoms in total. The number of guanidine groups is 1. The van der Waals surface area contributed by atoms with Crippen LogP contribution in [0.4, 0.5) is 0 Å². The Hall–Kier alpha value is -2.04. The van der Waals surface area contributed by atoms with Gasteiger partial charge in [-0.1, -0.05) is 11.2 Å². The van der Waals surface area contributed by atoms with Crippen LogP contribution in [0, 0.1) is 6.92 Å². The molecule has 0 saturated carbocycles. The van der Waals surface area contributed by atoms with Crippen molar-refractivity contribution in [1.82, 2.24) is 20.8 Å². The van der Waals surface area contributed by atoms with Gasteiger partial charge in [0.15, 0.2) is 23.3 Å². The normalized spacial score (nSPS) is 10.8. The first-order valence-electron chi connectivity index (χ1n) is 8.18. The number of nitrogens with zero attached hydrogens (tertiary/aromatic N) is 3. The van der Waals surface area contributed by atoms with E-state index in [2.05, 4.69) is 25.8 Å². The highest BCUT2D eigenvalue weighted by Crippen LogP contribution is 2.27. The van der Waals surface area contributed by atoms with Gasteiger partial charge in [-0.15, -0.1) is 24.0 Å². The lowest BCUT2D eigenvalue weighted by atomic mass is 10.1. The van der Waals surface area contributed by atoms with E-state index in [4.69, 9.17) is 14.0 Å². The van der Waals surface area contributed by atoms with Crippen LogP contribution in [-0.4, -0.2) is 43.4 Å². The second kappa shape index (κ2) is 11.6. The lowest BCUT2D eigenvalue weighted by molar-refractivity contribution is 0.354. The summed E-state index contributed by atoms with van der Waals surface area (Å²) in [7, 11) is 3.26. The van der Waals surface area contributed by atoms with E-state index < -0.39 is 0 Å². The van der Waals surface area contributed by atoms with E-state index in [-0.39, 0.29) is 24.0 Å². The highest BCUT2D eigenvalue weighted by atomic mass is 127. The summed E-state index contributed by atoms with van der Waals surface area (Å²) >= 11 is 0. The van der Waals surface area contributed by atoms with Crippen LogP contribution in [0.15, 0.2) is 27.7 Å². The maximum absolute atomic E-state index is 5.33. The Bertz CT molecular complexity index is 705. The van der Waals surface area contributed by atoms with Crippen molar-refractivity contribution in [2.75, 3.05) is 27.3 Å². The second-order valence-electron chi connectivity index (χ2n) is 5.30. The lowest BCUT2D eigenvalue weighted by Gasteiger charge is -2.12. The molecule has 1 heterocycles. The van der Waals surface area contributed by atoms with E-state index in [1.54, 1.807) is 21.1 Å².